The van der Waals surface area contributed by atoms with Crippen LogP contribution >= 0.6 is 0 Å². The fraction of sp³-hybridized carbons (Fsp3) is 1.00. The molecule has 3 atom stereocenters. The third kappa shape index (κ3) is 2.83. The summed E-state index contributed by atoms with van der Waals surface area (Å²) in [5, 5.41) is 13.6. The molecule has 0 radical (unpaired) electrons. The molecular weight excluding hydrogens is 212 g/mol. The highest BCUT2D eigenvalue weighted by Crippen LogP contribution is 2.31. The van der Waals surface area contributed by atoms with Gasteiger partial charge in [0.1, 0.15) is 0 Å². The fourth-order valence-electron chi connectivity index (χ4n) is 3.28. The highest BCUT2D eigenvalue weighted by molar-refractivity contribution is 4.94. The Morgan fingerprint density at radius 2 is 1.88 bits per heavy atom. The van der Waals surface area contributed by atoms with Crippen molar-refractivity contribution in [3.8, 4) is 0 Å². The number of aliphatic hydroxyl groups is 1. The predicted molar refractivity (Wildman–Crippen MR) is 68.9 cm³/mol. The molecule has 3 fully saturated rings. The number of nitrogens with zero attached hydrogens (tertiary/aromatic N) is 1. The summed E-state index contributed by atoms with van der Waals surface area (Å²) in [5.41, 5.74) is 0. The maximum atomic E-state index is 9.88. The Hall–Kier alpha value is -0.120. The van der Waals surface area contributed by atoms with Crippen molar-refractivity contribution in [3.63, 3.8) is 0 Å². The molecule has 2 saturated carbocycles. The second-order valence-electron chi connectivity index (χ2n) is 6.41. The average Bonchev–Trinajstić information content (AvgIpc) is 2.98. The minimum atomic E-state index is -0.152. The second kappa shape index (κ2) is 4.87. The number of nitrogens with one attached hydrogen (secondary N) is 1. The lowest BCUT2D eigenvalue weighted by atomic mass is 9.84. The summed E-state index contributed by atoms with van der Waals surface area (Å²) >= 11 is 0. The molecule has 0 amide bonds. The van der Waals surface area contributed by atoms with Crippen LogP contribution in [-0.4, -0.2) is 47.3 Å². The van der Waals surface area contributed by atoms with E-state index in [4.69, 9.17) is 0 Å². The molecule has 98 valence electrons. The van der Waals surface area contributed by atoms with E-state index in [9.17, 15) is 5.11 Å². The van der Waals surface area contributed by atoms with Crippen molar-refractivity contribution in [2.75, 3.05) is 13.1 Å². The highest BCUT2D eigenvalue weighted by Gasteiger charge is 2.36. The van der Waals surface area contributed by atoms with Gasteiger partial charge >= 0.3 is 0 Å². The van der Waals surface area contributed by atoms with Gasteiger partial charge in [0.25, 0.3) is 0 Å². The van der Waals surface area contributed by atoms with Crippen molar-refractivity contribution < 1.29 is 5.11 Å². The molecule has 3 nitrogen and oxygen atoms in total. The smallest absolute Gasteiger partial charge is 0.0553 e. The molecule has 17 heavy (non-hydrogen) atoms. The normalized spacial score (nSPS) is 37.8. The lowest BCUT2D eigenvalue weighted by Gasteiger charge is -2.46. The Kier molecular flexibility index (Phi) is 3.42. The SMILES string of the molecule is CC(O)C1CC(NC2CC2)CN(C2CCC2)C1. The minimum absolute atomic E-state index is 0.152. The Balaban J connectivity index is 1.59. The van der Waals surface area contributed by atoms with Gasteiger partial charge in [0, 0.05) is 31.2 Å². The second-order valence-corrected chi connectivity index (χ2v) is 6.41. The monoisotopic (exact) mass is 238 g/mol. The maximum absolute atomic E-state index is 9.88. The third-order valence-corrected chi connectivity index (χ3v) is 4.83. The Bertz CT molecular complexity index is 261. The summed E-state index contributed by atoms with van der Waals surface area (Å²) in [6.45, 7) is 4.29. The first kappa shape index (κ1) is 11.9. The number of rotatable bonds is 4. The summed E-state index contributed by atoms with van der Waals surface area (Å²) in [6.07, 6.45) is 7.89. The van der Waals surface area contributed by atoms with E-state index in [1.54, 1.807) is 0 Å². The lowest BCUT2D eigenvalue weighted by Crippen LogP contribution is -2.56. The van der Waals surface area contributed by atoms with E-state index in [0.717, 1.165) is 25.0 Å². The Labute approximate surface area is 105 Å². The number of hydrogen-bond donors (Lipinski definition) is 2. The summed E-state index contributed by atoms with van der Waals surface area (Å²) in [7, 11) is 0. The summed E-state index contributed by atoms with van der Waals surface area (Å²) in [6, 6.07) is 2.23. The van der Waals surface area contributed by atoms with Crippen LogP contribution in [0.5, 0.6) is 0 Å². The Morgan fingerprint density at radius 1 is 1.12 bits per heavy atom. The maximum Gasteiger partial charge on any atom is 0.0553 e. The molecule has 3 rings (SSSR count). The molecule has 1 heterocycles. The average molecular weight is 238 g/mol. The summed E-state index contributed by atoms with van der Waals surface area (Å²) in [5.74, 6) is 0.473. The van der Waals surface area contributed by atoms with Gasteiger partial charge in [-0.3, -0.25) is 4.90 Å². The highest BCUT2D eigenvalue weighted by atomic mass is 16.3. The van der Waals surface area contributed by atoms with Crippen LogP contribution in [0.3, 0.4) is 0 Å². The van der Waals surface area contributed by atoms with Crippen LogP contribution in [0.4, 0.5) is 0 Å². The molecule has 3 aliphatic rings. The topological polar surface area (TPSA) is 35.5 Å². The molecule has 0 spiro atoms. The molecular formula is C14H26N2O. The lowest BCUT2D eigenvalue weighted by molar-refractivity contribution is 0.0103. The first-order valence-corrected chi connectivity index (χ1v) is 7.40. The van der Waals surface area contributed by atoms with E-state index < -0.39 is 0 Å². The van der Waals surface area contributed by atoms with Crippen LogP contribution in [0.1, 0.15) is 45.4 Å². The molecule has 2 aliphatic carbocycles. The molecule has 2 N–H and O–H groups in total. The van der Waals surface area contributed by atoms with Crippen molar-refractivity contribution in [3.05, 3.63) is 0 Å². The van der Waals surface area contributed by atoms with E-state index in [1.165, 1.54) is 38.6 Å². The molecule has 3 heteroatoms. The predicted octanol–water partition coefficient (Wildman–Crippen LogP) is 1.36. The van der Waals surface area contributed by atoms with Gasteiger partial charge in [0.15, 0.2) is 0 Å². The zero-order valence-electron chi connectivity index (χ0n) is 10.9. The fourth-order valence-corrected chi connectivity index (χ4v) is 3.28. The summed E-state index contributed by atoms with van der Waals surface area (Å²) < 4.78 is 0. The van der Waals surface area contributed by atoms with Crippen molar-refractivity contribution >= 4 is 0 Å². The molecule has 0 aromatic carbocycles. The van der Waals surface area contributed by atoms with Gasteiger partial charge in [0.2, 0.25) is 0 Å². The molecule has 0 bridgehead atoms. The van der Waals surface area contributed by atoms with E-state index in [0.29, 0.717) is 12.0 Å². The van der Waals surface area contributed by atoms with Gasteiger partial charge in [-0.05, 0) is 44.9 Å². The van der Waals surface area contributed by atoms with Gasteiger partial charge in [0.05, 0.1) is 6.10 Å². The number of aliphatic hydroxyl groups excluding tert-OH is 1. The van der Waals surface area contributed by atoms with Crippen molar-refractivity contribution in [1.29, 1.82) is 0 Å². The van der Waals surface area contributed by atoms with Gasteiger partial charge in [-0.15, -0.1) is 0 Å². The number of hydrogen-bond acceptors (Lipinski definition) is 3. The van der Waals surface area contributed by atoms with E-state index in [-0.39, 0.29) is 6.10 Å². The Morgan fingerprint density at radius 3 is 2.41 bits per heavy atom. The minimum Gasteiger partial charge on any atom is -0.393 e. The van der Waals surface area contributed by atoms with Gasteiger partial charge in [-0.25, -0.2) is 0 Å². The zero-order valence-corrected chi connectivity index (χ0v) is 10.9. The molecule has 0 aromatic heterocycles. The van der Waals surface area contributed by atoms with Crippen molar-refractivity contribution in [1.82, 2.24) is 10.2 Å². The van der Waals surface area contributed by atoms with Gasteiger partial charge < -0.3 is 10.4 Å². The van der Waals surface area contributed by atoms with Crippen LogP contribution in [0.25, 0.3) is 0 Å². The molecule has 1 saturated heterocycles. The number of likely N-dealkylation sites (tertiary alicyclic amines) is 1. The standard InChI is InChI=1S/C14H26N2O/c1-10(17)11-7-13(15-12-5-6-12)9-16(8-11)14-3-2-4-14/h10-15,17H,2-9H2,1H3. The quantitative estimate of drug-likeness (QED) is 0.776. The van der Waals surface area contributed by atoms with Crippen LogP contribution in [-0.2, 0) is 0 Å². The van der Waals surface area contributed by atoms with E-state index in [1.807, 2.05) is 6.92 Å². The molecule has 3 unspecified atom stereocenters. The van der Waals surface area contributed by atoms with E-state index >= 15 is 0 Å². The number of piperidine rings is 1. The van der Waals surface area contributed by atoms with Crippen molar-refractivity contribution in [2.24, 2.45) is 5.92 Å². The first-order valence-electron chi connectivity index (χ1n) is 7.40. The van der Waals surface area contributed by atoms with Crippen molar-refractivity contribution in [2.45, 2.75) is 69.7 Å². The largest absolute Gasteiger partial charge is 0.393 e. The molecule has 1 aliphatic heterocycles. The van der Waals surface area contributed by atoms with Crippen LogP contribution in [0, 0.1) is 5.92 Å². The zero-order chi connectivity index (χ0) is 11.8. The van der Waals surface area contributed by atoms with E-state index in [2.05, 4.69) is 10.2 Å². The third-order valence-electron chi connectivity index (χ3n) is 4.83. The first-order chi connectivity index (χ1) is 8.22. The summed E-state index contributed by atoms with van der Waals surface area (Å²) in [4.78, 5) is 2.64. The molecule has 0 aromatic rings. The van der Waals surface area contributed by atoms with Gasteiger partial charge in [-0.2, -0.15) is 0 Å². The van der Waals surface area contributed by atoms with Crippen LogP contribution in [0.2, 0.25) is 0 Å². The van der Waals surface area contributed by atoms with Crippen LogP contribution < -0.4 is 5.32 Å². The van der Waals surface area contributed by atoms with Gasteiger partial charge in [-0.1, -0.05) is 6.42 Å². The van der Waals surface area contributed by atoms with Crippen LogP contribution in [0.15, 0.2) is 0 Å².